The molecule has 2 unspecified atom stereocenters. The fourth-order valence-corrected chi connectivity index (χ4v) is 1.94. The first-order chi connectivity index (χ1) is 6.68. The Labute approximate surface area is 99.8 Å². The highest BCUT2D eigenvalue weighted by Gasteiger charge is 2.18. The van der Waals surface area contributed by atoms with Crippen LogP contribution in [0.2, 0.25) is 0 Å². The van der Waals surface area contributed by atoms with Crippen molar-refractivity contribution >= 4 is 31.9 Å². The molecule has 0 N–H and O–H groups in total. The summed E-state index contributed by atoms with van der Waals surface area (Å²) in [6.07, 6.45) is 0. The van der Waals surface area contributed by atoms with Crippen molar-refractivity contribution < 1.29 is 9.47 Å². The number of ether oxygens (including phenoxy) is 2. The quantitative estimate of drug-likeness (QED) is 0.774. The van der Waals surface area contributed by atoms with E-state index in [1.165, 1.54) is 5.56 Å². The van der Waals surface area contributed by atoms with E-state index in [-0.39, 0.29) is 4.83 Å². The van der Waals surface area contributed by atoms with Gasteiger partial charge in [0.15, 0.2) is 11.5 Å². The summed E-state index contributed by atoms with van der Waals surface area (Å²) in [5, 5.41) is 0. The highest BCUT2D eigenvalue weighted by Crippen LogP contribution is 2.38. The molecule has 4 heteroatoms. The van der Waals surface area contributed by atoms with Crippen LogP contribution in [0.5, 0.6) is 11.5 Å². The molecule has 1 aliphatic heterocycles. The second kappa shape index (κ2) is 4.11. The summed E-state index contributed by atoms with van der Waals surface area (Å²) < 4.78 is 10.6. The normalized spacial score (nSPS) is 17.9. The van der Waals surface area contributed by atoms with E-state index in [4.69, 9.17) is 9.47 Å². The molecule has 0 saturated carbocycles. The average Bonchev–Trinajstić information content (AvgIpc) is 2.62. The second-order valence-electron chi connectivity index (χ2n) is 3.19. The molecule has 0 bridgehead atoms. The van der Waals surface area contributed by atoms with Gasteiger partial charge in [0.2, 0.25) is 6.79 Å². The van der Waals surface area contributed by atoms with E-state index < -0.39 is 0 Å². The van der Waals surface area contributed by atoms with Crippen LogP contribution >= 0.6 is 31.9 Å². The number of fused-ring (bicyclic) bond motifs is 1. The molecular weight excluding hydrogens is 312 g/mol. The van der Waals surface area contributed by atoms with Crippen LogP contribution in [0.1, 0.15) is 17.3 Å². The number of benzene rings is 1. The molecule has 14 heavy (non-hydrogen) atoms. The molecule has 1 aromatic rings. The predicted octanol–water partition coefficient (Wildman–Crippen LogP) is 3.63. The van der Waals surface area contributed by atoms with E-state index in [9.17, 15) is 0 Å². The Kier molecular flexibility index (Phi) is 3.02. The second-order valence-corrected chi connectivity index (χ2v) is 5.62. The number of halogens is 2. The van der Waals surface area contributed by atoms with Crippen molar-refractivity contribution in [3.63, 3.8) is 0 Å². The third kappa shape index (κ3) is 1.91. The van der Waals surface area contributed by atoms with Crippen molar-refractivity contribution in [3.8, 4) is 11.5 Å². The molecular formula is C10H10Br2O2. The lowest BCUT2D eigenvalue weighted by Gasteiger charge is -2.12. The van der Waals surface area contributed by atoms with E-state index in [1.54, 1.807) is 0 Å². The summed E-state index contributed by atoms with van der Waals surface area (Å²) in [5.41, 5.74) is 1.19. The molecule has 0 amide bonds. The molecule has 2 atom stereocenters. The molecule has 1 aliphatic rings. The minimum absolute atomic E-state index is 0.289. The van der Waals surface area contributed by atoms with Crippen LogP contribution < -0.4 is 9.47 Å². The molecule has 0 saturated heterocycles. The minimum atomic E-state index is 0.289. The van der Waals surface area contributed by atoms with Crippen LogP contribution in [0.4, 0.5) is 0 Å². The average molecular weight is 322 g/mol. The Hall–Kier alpha value is -0.220. The molecule has 0 aliphatic carbocycles. The Morgan fingerprint density at radius 1 is 1.21 bits per heavy atom. The van der Waals surface area contributed by atoms with Crippen molar-refractivity contribution in [2.75, 3.05) is 6.79 Å². The van der Waals surface area contributed by atoms with Crippen LogP contribution in [0.25, 0.3) is 0 Å². The summed E-state index contributed by atoms with van der Waals surface area (Å²) in [4.78, 5) is 0.667. The number of alkyl halides is 2. The van der Waals surface area contributed by atoms with Gasteiger partial charge in [0.1, 0.15) is 0 Å². The van der Waals surface area contributed by atoms with Crippen molar-refractivity contribution in [2.24, 2.45) is 0 Å². The Morgan fingerprint density at radius 2 is 1.93 bits per heavy atom. The Bertz CT molecular complexity index is 339. The molecule has 76 valence electrons. The zero-order valence-electron chi connectivity index (χ0n) is 7.67. The van der Waals surface area contributed by atoms with Crippen LogP contribution in [0.3, 0.4) is 0 Å². The molecule has 2 nitrogen and oxygen atoms in total. The zero-order chi connectivity index (χ0) is 10.1. The fourth-order valence-electron chi connectivity index (χ4n) is 1.35. The first-order valence-electron chi connectivity index (χ1n) is 4.36. The van der Waals surface area contributed by atoms with E-state index in [1.807, 2.05) is 18.2 Å². The summed E-state index contributed by atoms with van der Waals surface area (Å²) in [6, 6.07) is 6.01. The van der Waals surface area contributed by atoms with Gasteiger partial charge in [-0.2, -0.15) is 0 Å². The van der Waals surface area contributed by atoms with Crippen LogP contribution in [-0.2, 0) is 0 Å². The van der Waals surface area contributed by atoms with Gasteiger partial charge in [0.25, 0.3) is 0 Å². The van der Waals surface area contributed by atoms with Gasteiger partial charge in [-0.1, -0.05) is 44.8 Å². The summed E-state index contributed by atoms with van der Waals surface area (Å²) in [7, 11) is 0. The number of hydrogen-bond acceptors (Lipinski definition) is 2. The topological polar surface area (TPSA) is 18.5 Å². The van der Waals surface area contributed by atoms with Gasteiger partial charge in [-0.05, 0) is 17.7 Å². The highest BCUT2D eigenvalue weighted by molar-refractivity contribution is 9.12. The molecule has 2 rings (SSSR count). The molecule has 1 aromatic carbocycles. The first kappa shape index (κ1) is 10.3. The maximum Gasteiger partial charge on any atom is 0.231 e. The number of hydrogen-bond donors (Lipinski definition) is 0. The monoisotopic (exact) mass is 320 g/mol. The lowest BCUT2D eigenvalue weighted by Crippen LogP contribution is -2.00. The van der Waals surface area contributed by atoms with E-state index in [0.717, 1.165) is 11.5 Å². The third-order valence-corrected chi connectivity index (χ3v) is 4.68. The number of rotatable bonds is 2. The minimum Gasteiger partial charge on any atom is -0.454 e. The SMILES string of the molecule is CC(Br)C(Br)c1ccc2c(c1)OCO2. The van der Waals surface area contributed by atoms with Crippen molar-refractivity contribution in [1.82, 2.24) is 0 Å². The van der Waals surface area contributed by atoms with Gasteiger partial charge < -0.3 is 9.47 Å². The maximum atomic E-state index is 5.31. The largest absolute Gasteiger partial charge is 0.454 e. The van der Waals surface area contributed by atoms with Gasteiger partial charge in [-0.15, -0.1) is 0 Å². The standard InChI is InChI=1S/C10H10Br2O2/c1-6(11)10(12)7-2-3-8-9(4-7)14-5-13-8/h2-4,6,10H,5H2,1H3. The zero-order valence-corrected chi connectivity index (χ0v) is 10.8. The van der Waals surface area contributed by atoms with E-state index >= 15 is 0 Å². The van der Waals surface area contributed by atoms with E-state index in [2.05, 4.69) is 38.8 Å². The fraction of sp³-hybridized carbons (Fsp3) is 0.400. The van der Waals surface area contributed by atoms with Gasteiger partial charge in [0, 0.05) is 4.83 Å². The van der Waals surface area contributed by atoms with Crippen LogP contribution in [0, 0.1) is 0 Å². The molecule has 0 fully saturated rings. The smallest absolute Gasteiger partial charge is 0.231 e. The summed E-state index contributed by atoms with van der Waals surface area (Å²) in [5.74, 6) is 1.66. The van der Waals surface area contributed by atoms with Gasteiger partial charge in [0.05, 0.1) is 4.83 Å². The molecule has 0 spiro atoms. The maximum absolute atomic E-state index is 5.31. The Morgan fingerprint density at radius 3 is 2.64 bits per heavy atom. The van der Waals surface area contributed by atoms with Crippen LogP contribution in [-0.4, -0.2) is 11.6 Å². The van der Waals surface area contributed by atoms with Gasteiger partial charge in [-0.3, -0.25) is 0 Å². The lowest BCUT2D eigenvalue weighted by atomic mass is 10.1. The summed E-state index contributed by atoms with van der Waals surface area (Å²) >= 11 is 7.15. The first-order valence-corrected chi connectivity index (χ1v) is 6.19. The molecule has 1 heterocycles. The molecule has 0 aromatic heterocycles. The van der Waals surface area contributed by atoms with Crippen molar-refractivity contribution in [1.29, 1.82) is 0 Å². The molecule has 0 radical (unpaired) electrons. The Balaban J connectivity index is 2.28. The third-order valence-electron chi connectivity index (χ3n) is 2.12. The van der Waals surface area contributed by atoms with Crippen molar-refractivity contribution in [3.05, 3.63) is 23.8 Å². The lowest BCUT2D eigenvalue weighted by molar-refractivity contribution is 0.174. The van der Waals surface area contributed by atoms with Crippen LogP contribution in [0.15, 0.2) is 18.2 Å². The van der Waals surface area contributed by atoms with Gasteiger partial charge >= 0.3 is 0 Å². The predicted molar refractivity (Wildman–Crippen MR) is 62.6 cm³/mol. The highest BCUT2D eigenvalue weighted by atomic mass is 79.9. The van der Waals surface area contributed by atoms with Gasteiger partial charge in [-0.25, -0.2) is 0 Å². The van der Waals surface area contributed by atoms with Crippen molar-refractivity contribution in [2.45, 2.75) is 16.6 Å². The van der Waals surface area contributed by atoms with E-state index in [0.29, 0.717) is 11.6 Å². The summed E-state index contributed by atoms with van der Waals surface area (Å²) in [6.45, 7) is 2.43.